The first-order valence-corrected chi connectivity index (χ1v) is 10.2. The molecule has 2 N–H and O–H groups in total. The number of rotatable bonds is 5. The fourth-order valence-electron chi connectivity index (χ4n) is 2.98. The largest absolute Gasteiger partial charge is 0.497 e. The molecular weight excluding hydrogens is 370 g/mol. The van der Waals surface area contributed by atoms with Gasteiger partial charge in [0.1, 0.15) is 15.6 Å². The van der Waals surface area contributed by atoms with Gasteiger partial charge in [0.05, 0.1) is 11.4 Å². The summed E-state index contributed by atoms with van der Waals surface area (Å²) in [6.07, 6.45) is 2.12. The summed E-state index contributed by atoms with van der Waals surface area (Å²) in [6, 6.07) is 8.48. The molecule has 0 aliphatic heterocycles. The predicted octanol–water partition coefficient (Wildman–Crippen LogP) is 2.91. The Morgan fingerprint density at radius 3 is 2.83 bits per heavy atom. The van der Waals surface area contributed by atoms with Gasteiger partial charge in [-0.25, -0.2) is 13.1 Å². The van der Waals surface area contributed by atoms with Gasteiger partial charge < -0.3 is 9.84 Å². The molecule has 1 aliphatic carbocycles. The molecule has 8 heteroatoms. The average Bonchev–Trinajstić information content (AvgIpc) is 3.00. The molecular formula is C16H18ClNO4S2. The molecule has 2 aromatic rings. The fourth-order valence-corrected chi connectivity index (χ4v) is 5.59. The maximum Gasteiger partial charge on any atom is 0.250 e. The monoisotopic (exact) mass is 387 g/mol. The summed E-state index contributed by atoms with van der Waals surface area (Å²) >= 11 is 6.79. The second kappa shape index (κ2) is 6.65. The van der Waals surface area contributed by atoms with E-state index in [2.05, 4.69) is 4.72 Å². The van der Waals surface area contributed by atoms with Crippen molar-refractivity contribution >= 4 is 33.0 Å². The van der Waals surface area contributed by atoms with Gasteiger partial charge in [-0.3, -0.25) is 0 Å². The van der Waals surface area contributed by atoms with E-state index in [1.54, 1.807) is 13.2 Å². The number of aliphatic hydroxyl groups is 1. The second-order valence-electron chi connectivity index (χ2n) is 5.79. The highest BCUT2D eigenvalue weighted by Gasteiger charge is 2.36. The number of hydrogen-bond acceptors (Lipinski definition) is 5. The summed E-state index contributed by atoms with van der Waals surface area (Å²) in [7, 11) is -2.10. The van der Waals surface area contributed by atoms with Crippen molar-refractivity contribution in [1.82, 2.24) is 4.72 Å². The predicted molar refractivity (Wildman–Crippen MR) is 94.3 cm³/mol. The van der Waals surface area contributed by atoms with E-state index < -0.39 is 15.6 Å². The van der Waals surface area contributed by atoms with Crippen LogP contribution in [-0.4, -0.2) is 27.2 Å². The lowest BCUT2D eigenvalue weighted by Gasteiger charge is -2.34. The lowest BCUT2D eigenvalue weighted by Crippen LogP contribution is -2.42. The highest BCUT2D eigenvalue weighted by Crippen LogP contribution is 2.37. The number of hydrogen-bond donors (Lipinski definition) is 2. The molecule has 1 aromatic carbocycles. The van der Waals surface area contributed by atoms with Crippen LogP contribution in [0.5, 0.6) is 5.75 Å². The first kappa shape index (κ1) is 17.7. The van der Waals surface area contributed by atoms with Gasteiger partial charge in [0.2, 0.25) is 10.0 Å². The van der Waals surface area contributed by atoms with Gasteiger partial charge in [-0.1, -0.05) is 17.7 Å². The van der Waals surface area contributed by atoms with E-state index in [1.165, 1.54) is 12.1 Å². The van der Waals surface area contributed by atoms with E-state index in [9.17, 15) is 13.5 Å². The van der Waals surface area contributed by atoms with E-state index in [0.29, 0.717) is 10.8 Å². The molecule has 24 heavy (non-hydrogen) atoms. The molecule has 1 aromatic heterocycles. The second-order valence-corrected chi connectivity index (χ2v) is 9.50. The van der Waals surface area contributed by atoms with E-state index in [-0.39, 0.29) is 10.8 Å². The van der Waals surface area contributed by atoms with Gasteiger partial charge in [0, 0.05) is 6.54 Å². The van der Waals surface area contributed by atoms with Crippen LogP contribution in [0.25, 0.3) is 0 Å². The zero-order valence-corrected chi connectivity index (χ0v) is 15.5. The van der Waals surface area contributed by atoms with Crippen LogP contribution in [0, 0.1) is 0 Å². The number of nitrogens with one attached hydrogen (secondary N) is 1. The molecule has 5 nitrogen and oxygen atoms in total. The van der Waals surface area contributed by atoms with Crippen LogP contribution in [0.4, 0.5) is 0 Å². The van der Waals surface area contributed by atoms with Crippen molar-refractivity contribution in [3.63, 3.8) is 0 Å². The summed E-state index contributed by atoms with van der Waals surface area (Å²) in [4.78, 5) is 0. The zero-order chi connectivity index (χ0) is 17.4. The Bertz CT molecular complexity index is 850. The standard InChI is InChI=1S/C16H18ClNO4S2/c1-22-12-4-5-13-11(9-12)3-2-8-16(13,19)10-18-24(20,21)15-7-6-14(17)23-15/h4-7,9,18-19H,2-3,8,10H2,1H3/t16-/m0/s1. The summed E-state index contributed by atoms with van der Waals surface area (Å²) in [5, 5.41) is 11.0. The maximum absolute atomic E-state index is 12.4. The number of aryl methyl sites for hydroxylation is 1. The third-order valence-corrected chi connectivity index (χ3v) is 7.34. The lowest BCUT2D eigenvalue weighted by molar-refractivity contribution is 0.0242. The lowest BCUT2D eigenvalue weighted by atomic mass is 9.79. The van der Waals surface area contributed by atoms with Crippen LogP contribution in [-0.2, 0) is 22.0 Å². The summed E-state index contributed by atoms with van der Waals surface area (Å²) in [5.41, 5.74) is 0.511. The van der Waals surface area contributed by atoms with Crippen LogP contribution >= 0.6 is 22.9 Å². The molecule has 1 atom stereocenters. The SMILES string of the molecule is COc1ccc2c(c1)CCC[C@]2(O)CNS(=O)(=O)c1ccc(Cl)s1. The van der Waals surface area contributed by atoms with Gasteiger partial charge in [-0.15, -0.1) is 11.3 Å². The molecule has 1 heterocycles. The number of halogens is 1. The molecule has 3 rings (SSSR count). The van der Waals surface area contributed by atoms with Crippen LogP contribution < -0.4 is 9.46 Å². The van der Waals surface area contributed by atoms with Crippen molar-refractivity contribution in [2.24, 2.45) is 0 Å². The van der Waals surface area contributed by atoms with Crippen LogP contribution in [0.1, 0.15) is 24.0 Å². The van der Waals surface area contributed by atoms with Gasteiger partial charge in [-0.2, -0.15) is 0 Å². The number of fused-ring (bicyclic) bond motifs is 1. The first-order valence-electron chi connectivity index (χ1n) is 7.49. The Labute approximate surface area is 150 Å². The minimum atomic E-state index is -3.69. The Hall–Kier alpha value is -1.12. The van der Waals surface area contributed by atoms with Crippen molar-refractivity contribution in [1.29, 1.82) is 0 Å². The molecule has 0 saturated heterocycles. The third kappa shape index (κ3) is 3.45. The van der Waals surface area contributed by atoms with Crippen molar-refractivity contribution in [2.75, 3.05) is 13.7 Å². The van der Waals surface area contributed by atoms with Gasteiger partial charge >= 0.3 is 0 Å². The normalized spacial score (nSPS) is 20.6. The highest BCUT2D eigenvalue weighted by atomic mass is 35.5. The topological polar surface area (TPSA) is 75.6 Å². The van der Waals surface area contributed by atoms with E-state index in [0.717, 1.165) is 41.1 Å². The molecule has 0 spiro atoms. The van der Waals surface area contributed by atoms with Gasteiger partial charge in [0.25, 0.3) is 0 Å². The number of thiophene rings is 1. The molecule has 1 aliphatic rings. The Kier molecular flexibility index (Phi) is 4.90. The number of benzene rings is 1. The van der Waals surface area contributed by atoms with Crippen LogP contribution in [0.2, 0.25) is 4.34 Å². The van der Waals surface area contributed by atoms with Crippen molar-refractivity contribution in [3.05, 3.63) is 45.8 Å². The molecule has 130 valence electrons. The fraction of sp³-hybridized carbons (Fsp3) is 0.375. The average molecular weight is 388 g/mol. The summed E-state index contributed by atoms with van der Waals surface area (Å²) in [6.45, 7) is -0.0792. The van der Waals surface area contributed by atoms with Crippen LogP contribution in [0.3, 0.4) is 0 Å². The molecule has 0 bridgehead atoms. The van der Waals surface area contributed by atoms with Gasteiger partial charge in [0.15, 0.2) is 0 Å². The van der Waals surface area contributed by atoms with Crippen molar-refractivity contribution in [2.45, 2.75) is 29.1 Å². The highest BCUT2D eigenvalue weighted by molar-refractivity contribution is 7.91. The third-order valence-electron chi connectivity index (χ3n) is 4.22. The minimum Gasteiger partial charge on any atom is -0.497 e. The van der Waals surface area contributed by atoms with E-state index in [1.807, 2.05) is 12.1 Å². The molecule has 0 unspecified atom stereocenters. The van der Waals surface area contributed by atoms with E-state index >= 15 is 0 Å². The molecule has 0 fully saturated rings. The summed E-state index contributed by atoms with van der Waals surface area (Å²) < 4.78 is 33.0. The Morgan fingerprint density at radius 2 is 2.17 bits per heavy atom. The minimum absolute atomic E-state index is 0.0792. The van der Waals surface area contributed by atoms with Crippen molar-refractivity contribution < 1.29 is 18.3 Å². The van der Waals surface area contributed by atoms with Crippen LogP contribution in [0.15, 0.2) is 34.5 Å². The van der Waals surface area contributed by atoms with E-state index in [4.69, 9.17) is 16.3 Å². The zero-order valence-electron chi connectivity index (χ0n) is 13.1. The smallest absolute Gasteiger partial charge is 0.250 e. The quantitative estimate of drug-likeness (QED) is 0.827. The Balaban J connectivity index is 1.83. The number of ether oxygens (including phenoxy) is 1. The molecule has 0 amide bonds. The number of sulfonamides is 1. The van der Waals surface area contributed by atoms with Gasteiger partial charge in [-0.05, 0) is 54.7 Å². The first-order chi connectivity index (χ1) is 11.3. The molecule has 0 radical (unpaired) electrons. The Morgan fingerprint density at radius 1 is 1.38 bits per heavy atom. The van der Waals surface area contributed by atoms with Crippen molar-refractivity contribution in [3.8, 4) is 5.75 Å². The summed E-state index contributed by atoms with van der Waals surface area (Å²) in [5.74, 6) is 0.729. The maximum atomic E-state index is 12.4. The molecule has 0 saturated carbocycles. The number of methoxy groups -OCH3 is 1.